The van der Waals surface area contributed by atoms with E-state index in [0.29, 0.717) is 0 Å². The van der Waals surface area contributed by atoms with Crippen LogP contribution in [0.15, 0.2) is 48.5 Å². The summed E-state index contributed by atoms with van der Waals surface area (Å²) in [6.45, 7) is -1.38. The Balaban J connectivity index is 2.07. The molecule has 0 unspecified atom stereocenters. The SMILES string of the molecule is O=C(O)c1ccccc1Oc1ccc(OCC(F)(F)F)cc1. The molecule has 0 heterocycles. The van der Waals surface area contributed by atoms with Crippen LogP contribution in [0.2, 0.25) is 0 Å². The number of carboxylic acids is 1. The summed E-state index contributed by atoms with van der Waals surface area (Å²) in [5.74, 6) is -0.677. The van der Waals surface area contributed by atoms with Crippen molar-refractivity contribution in [3.63, 3.8) is 0 Å². The van der Waals surface area contributed by atoms with Crippen LogP contribution < -0.4 is 9.47 Å². The number of alkyl halides is 3. The van der Waals surface area contributed by atoms with Crippen LogP contribution in [-0.2, 0) is 0 Å². The number of aromatic carboxylic acids is 1. The molecule has 0 aliphatic carbocycles. The van der Waals surface area contributed by atoms with Gasteiger partial charge in [-0.2, -0.15) is 13.2 Å². The Morgan fingerprint density at radius 2 is 1.59 bits per heavy atom. The summed E-state index contributed by atoms with van der Waals surface area (Å²) in [6, 6.07) is 11.5. The van der Waals surface area contributed by atoms with Crippen molar-refractivity contribution < 1.29 is 32.5 Å². The standard InChI is InChI=1S/C15H11F3O4/c16-15(17,18)9-21-10-5-7-11(8-6-10)22-13-4-2-1-3-12(13)14(19)20/h1-8H,9H2,(H,19,20). The van der Waals surface area contributed by atoms with Crippen molar-refractivity contribution in [3.8, 4) is 17.2 Å². The van der Waals surface area contributed by atoms with E-state index in [2.05, 4.69) is 4.74 Å². The molecule has 0 atom stereocenters. The van der Waals surface area contributed by atoms with Gasteiger partial charge < -0.3 is 14.6 Å². The number of benzene rings is 2. The molecule has 0 fully saturated rings. The molecule has 22 heavy (non-hydrogen) atoms. The summed E-state index contributed by atoms with van der Waals surface area (Å²) in [5.41, 5.74) is -0.0140. The maximum atomic E-state index is 12.0. The molecule has 0 aliphatic rings. The maximum absolute atomic E-state index is 12.0. The Labute approximate surface area is 123 Å². The first-order chi connectivity index (χ1) is 10.3. The summed E-state index contributed by atoms with van der Waals surface area (Å²) in [4.78, 5) is 11.0. The van der Waals surface area contributed by atoms with E-state index >= 15 is 0 Å². The van der Waals surface area contributed by atoms with Crippen LogP contribution in [-0.4, -0.2) is 23.9 Å². The lowest BCUT2D eigenvalue weighted by Crippen LogP contribution is -2.19. The van der Waals surface area contributed by atoms with E-state index < -0.39 is 18.8 Å². The Hall–Kier alpha value is -2.70. The van der Waals surface area contributed by atoms with Gasteiger partial charge in [-0.15, -0.1) is 0 Å². The number of hydrogen-bond donors (Lipinski definition) is 1. The quantitative estimate of drug-likeness (QED) is 0.902. The second-order valence-corrected chi connectivity index (χ2v) is 4.28. The van der Waals surface area contributed by atoms with E-state index in [9.17, 15) is 18.0 Å². The number of ether oxygens (including phenoxy) is 2. The Kier molecular flexibility index (Phi) is 4.55. The van der Waals surface area contributed by atoms with Gasteiger partial charge in [-0.05, 0) is 36.4 Å². The molecular weight excluding hydrogens is 301 g/mol. The Bertz CT molecular complexity index is 651. The number of hydrogen-bond acceptors (Lipinski definition) is 3. The molecule has 0 saturated carbocycles. The molecule has 2 aromatic carbocycles. The number of carboxylic acid groups (broad SMARTS) is 1. The fraction of sp³-hybridized carbons (Fsp3) is 0.133. The molecule has 1 N–H and O–H groups in total. The molecule has 2 aromatic rings. The van der Waals surface area contributed by atoms with Gasteiger partial charge in [0.25, 0.3) is 0 Å². The third kappa shape index (κ3) is 4.41. The number of para-hydroxylation sites is 1. The average molecular weight is 312 g/mol. The highest BCUT2D eigenvalue weighted by molar-refractivity contribution is 5.90. The second-order valence-electron chi connectivity index (χ2n) is 4.28. The van der Waals surface area contributed by atoms with Crippen molar-refractivity contribution in [2.45, 2.75) is 6.18 Å². The summed E-state index contributed by atoms with van der Waals surface area (Å²) in [6.07, 6.45) is -4.41. The zero-order valence-electron chi connectivity index (χ0n) is 11.1. The van der Waals surface area contributed by atoms with Crippen LogP contribution in [0.3, 0.4) is 0 Å². The molecule has 0 saturated heterocycles. The van der Waals surface area contributed by atoms with Gasteiger partial charge in [-0.25, -0.2) is 4.79 Å². The second kappa shape index (κ2) is 6.38. The van der Waals surface area contributed by atoms with Crippen molar-refractivity contribution in [2.24, 2.45) is 0 Å². The van der Waals surface area contributed by atoms with Crippen molar-refractivity contribution in [3.05, 3.63) is 54.1 Å². The smallest absolute Gasteiger partial charge is 0.422 e. The molecular formula is C15H11F3O4. The molecule has 116 valence electrons. The van der Waals surface area contributed by atoms with Crippen molar-refractivity contribution in [1.82, 2.24) is 0 Å². The lowest BCUT2D eigenvalue weighted by atomic mass is 10.2. The number of halogens is 3. The van der Waals surface area contributed by atoms with Gasteiger partial charge in [0, 0.05) is 0 Å². The number of rotatable bonds is 5. The minimum atomic E-state index is -4.41. The third-order valence-electron chi connectivity index (χ3n) is 2.57. The van der Waals surface area contributed by atoms with Crippen molar-refractivity contribution >= 4 is 5.97 Å². The van der Waals surface area contributed by atoms with Gasteiger partial charge in [0.2, 0.25) is 0 Å². The zero-order valence-corrected chi connectivity index (χ0v) is 11.1. The van der Waals surface area contributed by atoms with E-state index in [1.54, 1.807) is 12.1 Å². The molecule has 0 spiro atoms. The van der Waals surface area contributed by atoms with Crippen LogP contribution in [0.5, 0.6) is 17.2 Å². The molecule has 2 rings (SSSR count). The molecule has 7 heteroatoms. The predicted molar refractivity (Wildman–Crippen MR) is 71.5 cm³/mol. The van der Waals surface area contributed by atoms with Gasteiger partial charge >= 0.3 is 12.1 Å². The first-order valence-electron chi connectivity index (χ1n) is 6.15. The van der Waals surface area contributed by atoms with Gasteiger partial charge in [0.1, 0.15) is 22.8 Å². The molecule has 0 radical (unpaired) electrons. The predicted octanol–water partition coefficient (Wildman–Crippen LogP) is 4.12. The van der Waals surface area contributed by atoms with Crippen LogP contribution in [0.1, 0.15) is 10.4 Å². The Morgan fingerprint density at radius 1 is 1.00 bits per heavy atom. The normalized spacial score (nSPS) is 11.0. The first-order valence-corrected chi connectivity index (χ1v) is 6.15. The molecule has 4 nitrogen and oxygen atoms in total. The van der Waals surface area contributed by atoms with E-state index in [1.165, 1.54) is 36.4 Å². The minimum absolute atomic E-state index is 0.0140. The topological polar surface area (TPSA) is 55.8 Å². The van der Waals surface area contributed by atoms with Crippen LogP contribution in [0, 0.1) is 0 Å². The summed E-state index contributed by atoms with van der Waals surface area (Å²) in [5, 5.41) is 9.03. The highest BCUT2D eigenvalue weighted by Crippen LogP contribution is 2.27. The lowest BCUT2D eigenvalue weighted by molar-refractivity contribution is -0.153. The van der Waals surface area contributed by atoms with Crippen molar-refractivity contribution in [1.29, 1.82) is 0 Å². The summed E-state index contributed by atoms with van der Waals surface area (Å²) in [7, 11) is 0. The summed E-state index contributed by atoms with van der Waals surface area (Å²) < 4.78 is 46.0. The van der Waals surface area contributed by atoms with Crippen molar-refractivity contribution in [2.75, 3.05) is 6.61 Å². The first kappa shape index (κ1) is 15.7. The molecule has 0 amide bonds. The fourth-order valence-corrected chi connectivity index (χ4v) is 1.63. The van der Waals surface area contributed by atoms with Gasteiger partial charge in [0.05, 0.1) is 0 Å². The minimum Gasteiger partial charge on any atom is -0.484 e. The maximum Gasteiger partial charge on any atom is 0.422 e. The summed E-state index contributed by atoms with van der Waals surface area (Å²) >= 11 is 0. The lowest BCUT2D eigenvalue weighted by Gasteiger charge is -2.11. The molecule has 0 aromatic heterocycles. The fourth-order valence-electron chi connectivity index (χ4n) is 1.63. The van der Waals surface area contributed by atoms with Gasteiger partial charge in [-0.1, -0.05) is 12.1 Å². The largest absolute Gasteiger partial charge is 0.484 e. The molecule has 0 aliphatic heterocycles. The molecule has 0 bridgehead atoms. The van der Waals surface area contributed by atoms with E-state index in [1.807, 2.05) is 0 Å². The zero-order chi connectivity index (χ0) is 16.2. The van der Waals surface area contributed by atoms with Gasteiger partial charge in [0.15, 0.2) is 6.61 Å². The highest BCUT2D eigenvalue weighted by Gasteiger charge is 2.28. The number of carbonyl (C=O) groups is 1. The monoisotopic (exact) mass is 312 g/mol. The van der Waals surface area contributed by atoms with Gasteiger partial charge in [-0.3, -0.25) is 0 Å². The van der Waals surface area contributed by atoms with Crippen LogP contribution in [0.4, 0.5) is 13.2 Å². The van der Waals surface area contributed by atoms with E-state index in [-0.39, 0.29) is 22.8 Å². The average Bonchev–Trinajstić information content (AvgIpc) is 2.46. The van der Waals surface area contributed by atoms with Crippen LogP contribution >= 0.6 is 0 Å². The third-order valence-corrected chi connectivity index (χ3v) is 2.57. The van der Waals surface area contributed by atoms with E-state index in [0.717, 1.165) is 0 Å². The van der Waals surface area contributed by atoms with E-state index in [4.69, 9.17) is 9.84 Å². The highest BCUT2D eigenvalue weighted by atomic mass is 19.4. The Morgan fingerprint density at radius 3 is 2.18 bits per heavy atom. The van der Waals surface area contributed by atoms with Crippen LogP contribution in [0.25, 0.3) is 0 Å².